The lowest BCUT2D eigenvalue weighted by molar-refractivity contribution is 0.102. The maximum atomic E-state index is 12.6. The number of phenolic OH excluding ortho intramolecular Hbond substituents is 1. The molecule has 0 radical (unpaired) electrons. The van der Waals surface area contributed by atoms with E-state index in [4.69, 9.17) is 5.73 Å². The second-order valence-electron chi connectivity index (χ2n) is 8.29. The monoisotopic (exact) mass is 512 g/mol. The molecular weight excluding hydrogens is 492 g/mol. The van der Waals surface area contributed by atoms with Gasteiger partial charge in [0, 0.05) is 22.3 Å². The van der Waals surface area contributed by atoms with Crippen molar-refractivity contribution in [1.29, 1.82) is 0 Å². The van der Waals surface area contributed by atoms with Crippen LogP contribution in [-0.4, -0.2) is 24.0 Å². The summed E-state index contributed by atoms with van der Waals surface area (Å²) in [5, 5.41) is 24.1. The molecule has 10 heteroatoms. The van der Waals surface area contributed by atoms with Gasteiger partial charge in [0.15, 0.2) is 5.75 Å². The van der Waals surface area contributed by atoms with E-state index in [1.54, 1.807) is 36.4 Å². The second-order valence-corrected chi connectivity index (χ2v) is 9.68. The van der Waals surface area contributed by atoms with Crippen LogP contribution in [0.25, 0.3) is 21.5 Å². The fourth-order valence-electron chi connectivity index (χ4n) is 3.95. The summed E-state index contributed by atoms with van der Waals surface area (Å²) in [6.07, 6.45) is 0. The van der Waals surface area contributed by atoms with Gasteiger partial charge in [0.1, 0.15) is 10.6 Å². The Labute approximate surface area is 211 Å². The van der Waals surface area contributed by atoms with Crippen molar-refractivity contribution in [3.63, 3.8) is 0 Å². The minimum Gasteiger partial charge on any atom is -0.505 e. The third-order valence-electron chi connectivity index (χ3n) is 5.73. The molecule has 0 aromatic heterocycles. The van der Waals surface area contributed by atoms with Gasteiger partial charge < -0.3 is 16.2 Å². The Hall–Kier alpha value is -4.80. The summed E-state index contributed by atoms with van der Waals surface area (Å²) in [4.78, 5) is 11.9. The number of carbonyl (C=O) groups is 1. The van der Waals surface area contributed by atoms with Gasteiger partial charge in [0.2, 0.25) is 0 Å². The molecule has 5 aromatic carbocycles. The highest BCUT2D eigenvalue weighted by atomic mass is 32.2. The number of nitrogens with zero attached hydrogens (tertiary/aromatic N) is 2. The number of hydrogen-bond donors (Lipinski definition) is 4. The van der Waals surface area contributed by atoms with Gasteiger partial charge in [0.05, 0.1) is 5.69 Å². The molecule has 5 rings (SSSR count). The standard InChI is InChI=1S/C27H20N4O5S/c28-20-7-3-6-18(12-20)27(33)29-21-10-11-23-19(14-21)15-24(37(34,35)36)25(26(23)32)31-30-22-9-8-16-4-1-2-5-17(16)13-22/h1-15,32H,28H2,(H,29,33)(H,34,35,36). The van der Waals surface area contributed by atoms with E-state index in [1.807, 2.05) is 30.3 Å². The quantitative estimate of drug-likeness (QED) is 0.125. The Bertz CT molecular complexity index is 1830. The van der Waals surface area contributed by atoms with Gasteiger partial charge in [-0.15, -0.1) is 5.11 Å². The highest BCUT2D eigenvalue weighted by Crippen LogP contribution is 2.42. The van der Waals surface area contributed by atoms with E-state index >= 15 is 0 Å². The maximum Gasteiger partial charge on any atom is 0.296 e. The fourth-order valence-corrected chi connectivity index (χ4v) is 4.61. The molecule has 37 heavy (non-hydrogen) atoms. The third-order valence-corrected chi connectivity index (χ3v) is 6.60. The molecule has 5 aromatic rings. The number of benzene rings is 5. The van der Waals surface area contributed by atoms with Crippen LogP contribution < -0.4 is 11.1 Å². The summed E-state index contributed by atoms with van der Waals surface area (Å²) in [5.74, 6) is -0.907. The number of anilines is 2. The second kappa shape index (κ2) is 9.34. The maximum absolute atomic E-state index is 12.6. The van der Waals surface area contributed by atoms with E-state index in [1.165, 1.54) is 18.2 Å². The van der Waals surface area contributed by atoms with E-state index in [0.717, 1.165) is 16.8 Å². The zero-order valence-corrected chi connectivity index (χ0v) is 20.0. The van der Waals surface area contributed by atoms with Crippen LogP contribution >= 0.6 is 0 Å². The van der Waals surface area contributed by atoms with E-state index in [9.17, 15) is 22.9 Å². The van der Waals surface area contributed by atoms with Gasteiger partial charge in [-0.3, -0.25) is 9.35 Å². The summed E-state index contributed by atoms with van der Waals surface area (Å²) in [5.41, 5.74) is 6.87. The van der Waals surface area contributed by atoms with E-state index in [-0.39, 0.29) is 10.8 Å². The molecule has 0 heterocycles. The average molecular weight is 513 g/mol. The Kier molecular flexibility index (Phi) is 6.04. The van der Waals surface area contributed by atoms with Crippen LogP contribution in [0.1, 0.15) is 10.4 Å². The molecule has 0 saturated heterocycles. The number of nitrogen functional groups attached to an aromatic ring is 1. The van der Waals surface area contributed by atoms with Crippen LogP contribution in [0.15, 0.2) is 106 Å². The molecule has 0 aliphatic heterocycles. The van der Waals surface area contributed by atoms with Crippen molar-refractivity contribution >= 4 is 60.3 Å². The van der Waals surface area contributed by atoms with Crippen molar-refractivity contribution in [1.82, 2.24) is 0 Å². The summed E-state index contributed by atoms with van der Waals surface area (Å²) in [6.45, 7) is 0. The van der Waals surface area contributed by atoms with Gasteiger partial charge in [-0.1, -0.05) is 36.4 Å². The Morgan fingerprint density at radius 2 is 1.59 bits per heavy atom. The average Bonchev–Trinajstić information content (AvgIpc) is 2.87. The lowest BCUT2D eigenvalue weighted by Gasteiger charge is -2.11. The van der Waals surface area contributed by atoms with E-state index in [2.05, 4.69) is 15.5 Å². The fraction of sp³-hybridized carbons (Fsp3) is 0. The minimum absolute atomic E-state index is 0.250. The number of aromatic hydroxyl groups is 1. The lowest BCUT2D eigenvalue weighted by Crippen LogP contribution is -2.12. The zero-order valence-electron chi connectivity index (χ0n) is 19.2. The molecular formula is C27H20N4O5S. The topological polar surface area (TPSA) is 154 Å². The van der Waals surface area contributed by atoms with E-state index < -0.39 is 32.4 Å². The molecule has 0 aliphatic rings. The first kappa shape index (κ1) is 23.9. The van der Waals surface area contributed by atoms with Crippen molar-refractivity contribution in [2.24, 2.45) is 10.2 Å². The number of azo groups is 1. The highest BCUT2D eigenvalue weighted by molar-refractivity contribution is 7.86. The zero-order chi connectivity index (χ0) is 26.2. The van der Waals surface area contributed by atoms with Crippen LogP contribution in [0.2, 0.25) is 0 Å². The molecule has 184 valence electrons. The molecule has 0 spiro atoms. The molecule has 0 bridgehead atoms. The smallest absolute Gasteiger partial charge is 0.296 e. The summed E-state index contributed by atoms with van der Waals surface area (Å²) in [7, 11) is -4.79. The normalized spacial score (nSPS) is 11.8. The number of carbonyl (C=O) groups excluding carboxylic acids is 1. The number of nitrogens with two attached hydrogens (primary N) is 1. The number of nitrogens with one attached hydrogen (secondary N) is 1. The largest absolute Gasteiger partial charge is 0.505 e. The first-order valence-electron chi connectivity index (χ1n) is 11.0. The first-order chi connectivity index (χ1) is 17.7. The van der Waals surface area contributed by atoms with Gasteiger partial charge in [-0.05, 0) is 70.8 Å². The van der Waals surface area contributed by atoms with Crippen molar-refractivity contribution in [3.05, 3.63) is 96.6 Å². The van der Waals surface area contributed by atoms with Crippen LogP contribution in [0, 0.1) is 0 Å². The van der Waals surface area contributed by atoms with Crippen LogP contribution in [0.5, 0.6) is 5.75 Å². The summed E-state index contributed by atoms with van der Waals surface area (Å²) >= 11 is 0. The molecule has 0 atom stereocenters. The lowest BCUT2D eigenvalue weighted by atomic mass is 10.1. The first-order valence-corrected chi connectivity index (χ1v) is 12.5. The third kappa shape index (κ3) is 4.96. The number of rotatable bonds is 5. The van der Waals surface area contributed by atoms with Gasteiger partial charge in [-0.2, -0.15) is 13.5 Å². The highest BCUT2D eigenvalue weighted by Gasteiger charge is 2.22. The van der Waals surface area contributed by atoms with E-state index in [0.29, 0.717) is 22.6 Å². The molecule has 0 aliphatic carbocycles. The molecule has 0 saturated carbocycles. The minimum atomic E-state index is -4.79. The molecule has 0 unspecified atom stereocenters. The van der Waals surface area contributed by atoms with Crippen molar-refractivity contribution in [2.45, 2.75) is 4.90 Å². The molecule has 9 nitrogen and oxygen atoms in total. The predicted molar refractivity (Wildman–Crippen MR) is 142 cm³/mol. The summed E-state index contributed by atoms with van der Waals surface area (Å²) in [6, 6.07) is 25.0. The van der Waals surface area contributed by atoms with Crippen molar-refractivity contribution < 1.29 is 22.9 Å². The van der Waals surface area contributed by atoms with Crippen molar-refractivity contribution in [2.75, 3.05) is 11.1 Å². The van der Waals surface area contributed by atoms with Crippen LogP contribution in [0.3, 0.4) is 0 Å². The van der Waals surface area contributed by atoms with Gasteiger partial charge >= 0.3 is 0 Å². The predicted octanol–water partition coefficient (Wildman–Crippen LogP) is 6.20. The van der Waals surface area contributed by atoms with Crippen LogP contribution in [-0.2, 0) is 10.1 Å². The van der Waals surface area contributed by atoms with Gasteiger partial charge in [-0.25, -0.2) is 0 Å². The van der Waals surface area contributed by atoms with Crippen LogP contribution in [0.4, 0.5) is 22.7 Å². The van der Waals surface area contributed by atoms with Crippen molar-refractivity contribution in [3.8, 4) is 5.75 Å². The number of hydrogen-bond acceptors (Lipinski definition) is 7. The number of amides is 1. The number of phenols is 1. The Balaban J connectivity index is 1.54. The molecule has 1 amide bonds. The molecule has 0 fully saturated rings. The Morgan fingerprint density at radius 1 is 0.811 bits per heavy atom. The number of fused-ring (bicyclic) bond motifs is 2. The van der Waals surface area contributed by atoms with Gasteiger partial charge in [0.25, 0.3) is 16.0 Å². The SMILES string of the molecule is Nc1cccc(C(=O)Nc2ccc3c(O)c(N=Nc4ccc5ccccc5c4)c(S(=O)(=O)O)cc3c2)c1. The Morgan fingerprint density at radius 3 is 2.35 bits per heavy atom. The summed E-state index contributed by atoms with van der Waals surface area (Å²) < 4.78 is 34.2. The molecule has 5 N–H and O–H groups in total.